The van der Waals surface area contributed by atoms with Crippen molar-refractivity contribution in [2.75, 3.05) is 0 Å². The molecule has 1 aliphatic rings. The molecule has 1 saturated carbocycles. The van der Waals surface area contributed by atoms with Crippen molar-refractivity contribution in [3.05, 3.63) is 62.8 Å². The summed E-state index contributed by atoms with van der Waals surface area (Å²) in [7, 11) is 0. The van der Waals surface area contributed by atoms with Gasteiger partial charge in [-0.1, -0.05) is 11.6 Å². The van der Waals surface area contributed by atoms with Crippen molar-refractivity contribution in [2.24, 2.45) is 0 Å². The van der Waals surface area contributed by atoms with Gasteiger partial charge in [0.05, 0.1) is 17.2 Å². The van der Waals surface area contributed by atoms with Gasteiger partial charge < -0.3 is 10.1 Å². The second-order valence-corrected chi connectivity index (χ2v) is 7.86. The Morgan fingerprint density at radius 3 is 3.04 bits per heavy atom. The highest BCUT2D eigenvalue weighted by molar-refractivity contribution is 7.09. The number of aromatic nitrogens is 3. The minimum Gasteiger partial charge on any atom is -0.471 e. The van der Waals surface area contributed by atoms with Crippen LogP contribution in [0.25, 0.3) is 0 Å². The number of rotatable bonds is 7. The third kappa shape index (κ3) is 4.48. The van der Waals surface area contributed by atoms with Crippen molar-refractivity contribution in [1.29, 1.82) is 0 Å². The summed E-state index contributed by atoms with van der Waals surface area (Å²) in [5, 5.41) is 11.0. The van der Waals surface area contributed by atoms with E-state index in [1.807, 2.05) is 18.4 Å². The molecule has 3 aromatic rings. The van der Waals surface area contributed by atoms with Crippen LogP contribution in [0.2, 0.25) is 5.02 Å². The van der Waals surface area contributed by atoms with Crippen LogP contribution < -0.4 is 10.1 Å². The largest absolute Gasteiger partial charge is 0.471 e. The van der Waals surface area contributed by atoms with Crippen LogP contribution in [0.15, 0.2) is 35.8 Å². The monoisotopic (exact) mass is 402 g/mol. The Morgan fingerprint density at radius 2 is 2.26 bits per heavy atom. The number of nitrogens with one attached hydrogen (secondary N) is 1. The molecule has 1 amide bonds. The van der Waals surface area contributed by atoms with Gasteiger partial charge in [-0.15, -0.1) is 11.3 Å². The van der Waals surface area contributed by atoms with E-state index in [-0.39, 0.29) is 12.6 Å². The molecular weight excluding hydrogens is 384 g/mol. The lowest BCUT2D eigenvalue weighted by molar-refractivity contribution is 0.0943. The number of benzene rings is 1. The Kier molecular flexibility index (Phi) is 5.13. The van der Waals surface area contributed by atoms with Crippen LogP contribution in [0.1, 0.15) is 45.5 Å². The molecule has 0 atom stereocenters. The van der Waals surface area contributed by atoms with E-state index in [0.29, 0.717) is 28.9 Å². The average molecular weight is 403 g/mol. The fraction of sp³-hybridized carbons (Fsp3) is 0.316. The van der Waals surface area contributed by atoms with E-state index in [1.54, 1.807) is 40.4 Å². The van der Waals surface area contributed by atoms with Gasteiger partial charge in [0.2, 0.25) is 0 Å². The van der Waals surface area contributed by atoms with Gasteiger partial charge in [0.15, 0.2) is 6.73 Å². The fourth-order valence-electron chi connectivity index (χ4n) is 2.59. The first-order valence-electron chi connectivity index (χ1n) is 8.73. The maximum Gasteiger partial charge on any atom is 0.272 e. The quantitative estimate of drug-likeness (QED) is 0.644. The van der Waals surface area contributed by atoms with Crippen molar-refractivity contribution in [1.82, 2.24) is 20.1 Å². The Hall–Kier alpha value is -2.38. The number of ether oxygens (including phenoxy) is 1. The Labute approximate surface area is 166 Å². The standard InChI is InChI=1S/C19H19ClN4O2S/c1-12-8-15(4-5-16(12)20)26-11-24-7-6-17(23-24)18(25)21-9-14-10-27-19(22-14)13-2-3-13/h4-8,10,13H,2-3,9,11H2,1H3,(H,21,25). The highest BCUT2D eigenvalue weighted by Crippen LogP contribution is 2.41. The van der Waals surface area contributed by atoms with E-state index in [2.05, 4.69) is 15.4 Å². The number of carbonyl (C=O) groups excluding carboxylic acids is 1. The molecule has 0 saturated heterocycles. The summed E-state index contributed by atoms with van der Waals surface area (Å²) >= 11 is 7.68. The van der Waals surface area contributed by atoms with Crippen LogP contribution in [0.5, 0.6) is 5.75 Å². The number of hydrogen-bond acceptors (Lipinski definition) is 5. The first kappa shape index (κ1) is 18.0. The number of hydrogen-bond donors (Lipinski definition) is 1. The van der Waals surface area contributed by atoms with E-state index >= 15 is 0 Å². The molecule has 0 radical (unpaired) electrons. The molecule has 27 heavy (non-hydrogen) atoms. The minimum atomic E-state index is -0.225. The molecule has 1 aliphatic carbocycles. The van der Waals surface area contributed by atoms with E-state index in [0.717, 1.165) is 11.3 Å². The maximum absolute atomic E-state index is 12.3. The predicted octanol–water partition coefficient (Wildman–Crippen LogP) is 4.15. The zero-order chi connectivity index (χ0) is 18.8. The van der Waals surface area contributed by atoms with Crippen molar-refractivity contribution in [3.8, 4) is 5.75 Å². The van der Waals surface area contributed by atoms with Crippen LogP contribution >= 0.6 is 22.9 Å². The van der Waals surface area contributed by atoms with Gasteiger partial charge in [-0.05, 0) is 49.6 Å². The van der Waals surface area contributed by atoms with Gasteiger partial charge in [-0.3, -0.25) is 4.79 Å². The molecule has 0 unspecified atom stereocenters. The molecule has 2 heterocycles. The highest BCUT2D eigenvalue weighted by atomic mass is 35.5. The third-order valence-electron chi connectivity index (χ3n) is 4.29. The van der Waals surface area contributed by atoms with E-state index in [9.17, 15) is 4.79 Å². The van der Waals surface area contributed by atoms with Crippen LogP contribution in [0.3, 0.4) is 0 Å². The zero-order valence-corrected chi connectivity index (χ0v) is 16.4. The Morgan fingerprint density at radius 1 is 1.41 bits per heavy atom. The minimum absolute atomic E-state index is 0.213. The summed E-state index contributed by atoms with van der Waals surface area (Å²) in [5.74, 6) is 1.12. The first-order valence-corrected chi connectivity index (χ1v) is 9.99. The predicted molar refractivity (Wildman–Crippen MR) is 104 cm³/mol. The summed E-state index contributed by atoms with van der Waals surface area (Å²) in [4.78, 5) is 16.8. The van der Waals surface area contributed by atoms with Crippen LogP contribution in [0, 0.1) is 6.92 Å². The van der Waals surface area contributed by atoms with Gasteiger partial charge in [0, 0.05) is 22.5 Å². The highest BCUT2D eigenvalue weighted by Gasteiger charge is 2.26. The molecule has 0 bridgehead atoms. The number of halogens is 1. The zero-order valence-electron chi connectivity index (χ0n) is 14.8. The van der Waals surface area contributed by atoms with Gasteiger partial charge in [-0.2, -0.15) is 5.10 Å². The molecular formula is C19H19ClN4O2S. The number of thiazole rings is 1. The maximum atomic E-state index is 12.3. The van der Waals surface area contributed by atoms with Crippen LogP contribution in [-0.4, -0.2) is 20.7 Å². The second kappa shape index (κ2) is 7.70. The SMILES string of the molecule is Cc1cc(OCn2ccc(C(=O)NCc3csc(C4CC4)n3)n2)ccc1Cl. The van der Waals surface area contributed by atoms with Gasteiger partial charge >= 0.3 is 0 Å². The van der Waals surface area contributed by atoms with Gasteiger partial charge in [0.25, 0.3) is 5.91 Å². The molecule has 4 rings (SSSR count). The summed E-state index contributed by atoms with van der Waals surface area (Å²) in [6, 6.07) is 7.13. The fourth-order valence-corrected chi connectivity index (χ4v) is 3.69. The second-order valence-electron chi connectivity index (χ2n) is 6.56. The number of carbonyl (C=O) groups is 1. The van der Waals surface area contributed by atoms with Crippen molar-refractivity contribution >= 4 is 28.8 Å². The lowest BCUT2D eigenvalue weighted by Crippen LogP contribution is -2.23. The lowest BCUT2D eigenvalue weighted by Gasteiger charge is -2.07. The van der Waals surface area contributed by atoms with Crippen molar-refractivity contribution in [2.45, 2.75) is 39.0 Å². The molecule has 1 fully saturated rings. The summed E-state index contributed by atoms with van der Waals surface area (Å²) in [6.07, 6.45) is 4.18. The van der Waals surface area contributed by atoms with E-state index in [1.165, 1.54) is 17.8 Å². The van der Waals surface area contributed by atoms with Gasteiger partial charge in [0.1, 0.15) is 11.4 Å². The number of aryl methyl sites for hydroxylation is 1. The number of amides is 1. The van der Waals surface area contributed by atoms with Crippen LogP contribution in [0.4, 0.5) is 0 Å². The third-order valence-corrected chi connectivity index (χ3v) is 5.77. The summed E-state index contributed by atoms with van der Waals surface area (Å²) in [5.41, 5.74) is 2.20. The smallest absolute Gasteiger partial charge is 0.272 e. The topological polar surface area (TPSA) is 69.0 Å². The molecule has 8 heteroatoms. The Bertz CT molecular complexity index is 964. The summed E-state index contributed by atoms with van der Waals surface area (Å²) < 4.78 is 7.26. The lowest BCUT2D eigenvalue weighted by atomic mass is 10.2. The van der Waals surface area contributed by atoms with Crippen molar-refractivity contribution < 1.29 is 9.53 Å². The average Bonchev–Trinajstić information content (AvgIpc) is 3.22. The molecule has 140 valence electrons. The molecule has 2 aromatic heterocycles. The van der Waals surface area contributed by atoms with Gasteiger partial charge in [-0.25, -0.2) is 9.67 Å². The Balaban J connectivity index is 1.29. The number of nitrogens with zero attached hydrogens (tertiary/aromatic N) is 3. The van der Waals surface area contributed by atoms with Crippen LogP contribution in [-0.2, 0) is 13.3 Å². The molecule has 0 aliphatic heterocycles. The molecule has 0 spiro atoms. The van der Waals surface area contributed by atoms with E-state index in [4.69, 9.17) is 16.3 Å². The first-order chi connectivity index (χ1) is 13.1. The summed E-state index contributed by atoms with van der Waals surface area (Å²) in [6.45, 7) is 2.54. The molecule has 6 nitrogen and oxygen atoms in total. The van der Waals surface area contributed by atoms with E-state index < -0.39 is 0 Å². The normalized spacial score (nSPS) is 13.6. The molecule has 1 aromatic carbocycles. The molecule has 1 N–H and O–H groups in total. The van der Waals surface area contributed by atoms with Crippen molar-refractivity contribution in [3.63, 3.8) is 0 Å².